The lowest BCUT2D eigenvalue weighted by molar-refractivity contribution is 0.116. The zero-order valence-corrected chi connectivity index (χ0v) is 14.8. The molecule has 26 heavy (non-hydrogen) atoms. The van der Waals surface area contributed by atoms with Gasteiger partial charge in [0.15, 0.2) is 0 Å². The molecule has 1 fully saturated rings. The third-order valence-electron chi connectivity index (χ3n) is 5.14. The zero-order valence-electron chi connectivity index (χ0n) is 14.8. The molecule has 1 N–H and O–H groups in total. The van der Waals surface area contributed by atoms with Gasteiger partial charge in [-0.15, -0.1) is 0 Å². The van der Waals surface area contributed by atoms with Gasteiger partial charge in [-0.25, -0.2) is 9.67 Å². The van der Waals surface area contributed by atoms with E-state index in [0.29, 0.717) is 6.04 Å². The molecule has 0 bridgehead atoms. The summed E-state index contributed by atoms with van der Waals surface area (Å²) in [5.74, 6) is 0.942. The first-order valence-corrected chi connectivity index (χ1v) is 9.22. The van der Waals surface area contributed by atoms with Crippen LogP contribution in [0.4, 0.5) is 0 Å². The summed E-state index contributed by atoms with van der Waals surface area (Å²) in [4.78, 5) is 6.90. The number of hydrogen-bond acceptors (Lipinski definition) is 4. The fourth-order valence-electron chi connectivity index (χ4n) is 3.78. The predicted molar refractivity (Wildman–Crippen MR) is 101 cm³/mol. The quantitative estimate of drug-likeness (QED) is 0.742. The van der Waals surface area contributed by atoms with E-state index in [1.54, 1.807) is 6.33 Å². The van der Waals surface area contributed by atoms with Gasteiger partial charge in [-0.05, 0) is 43.5 Å². The smallest absolute Gasteiger partial charge is 0.146 e. The molecule has 1 aliphatic rings. The monoisotopic (exact) mass is 348 g/mol. The SMILES string of the molecule is O[C@@H](C[C@H]1CCCN1Cc1ncnn1-c1ccccc1)c1ccccc1. The molecule has 0 amide bonds. The number of nitrogens with zero attached hydrogens (tertiary/aromatic N) is 4. The molecule has 2 heterocycles. The first kappa shape index (κ1) is 16.9. The summed E-state index contributed by atoms with van der Waals surface area (Å²) in [7, 11) is 0. The van der Waals surface area contributed by atoms with Crippen LogP contribution in [0.5, 0.6) is 0 Å². The van der Waals surface area contributed by atoms with E-state index in [4.69, 9.17) is 0 Å². The fraction of sp³-hybridized carbons (Fsp3) is 0.333. The Morgan fingerprint density at radius 3 is 2.54 bits per heavy atom. The summed E-state index contributed by atoms with van der Waals surface area (Å²) >= 11 is 0. The van der Waals surface area contributed by atoms with E-state index in [0.717, 1.165) is 49.4 Å². The second kappa shape index (κ2) is 7.81. The molecule has 0 radical (unpaired) electrons. The molecule has 2 atom stereocenters. The van der Waals surface area contributed by atoms with Gasteiger partial charge in [0, 0.05) is 6.04 Å². The van der Waals surface area contributed by atoms with E-state index in [1.807, 2.05) is 65.3 Å². The van der Waals surface area contributed by atoms with Gasteiger partial charge < -0.3 is 5.11 Å². The van der Waals surface area contributed by atoms with Crippen LogP contribution in [0.25, 0.3) is 5.69 Å². The summed E-state index contributed by atoms with van der Waals surface area (Å²) in [5.41, 5.74) is 2.02. The molecule has 0 aliphatic carbocycles. The van der Waals surface area contributed by atoms with E-state index in [1.165, 1.54) is 0 Å². The Morgan fingerprint density at radius 1 is 1.04 bits per heavy atom. The van der Waals surface area contributed by atoms with Crippen LogP contribution in [-0.4, -0.2) is 37.4 Å². The maximum Gasteiger partial charge on any atom is 0.146 e. The molecule has 5 heteroatoms. The lowest BCUT2D eigenvalue weighted by Gasteiger charge is -2.26. The lowest BCUT2D eigenvalue weighted by atomic mass is 10.0. The number of aromatic nitrogens is 3. The van der Waals surface area contributed by atoms with E-state index in [-0.39, 0.29) is 0 Å². The topological polar surface area (TPSA) is 54.2 Å². The average molecular weight is 348 g/mol. The van der Waals surface area contributed by atoms with E-state index >= 15 is 0 Å². The first-order valence-electron chi connectivity index (χ1n) is 9.22. The van der Waals surface area contributed by atoms with Crippen molar-refractivity contribution in [3.63, 3.8) is 0 Å². The van der Waals surface area contributed by atoms with Gasteiger partial charge >= 0.3 is 0 Å². The van der Waals surface area contributed by atoms with Crippen LogP contribution in [0.3, 0.4) is 0 Å². The lowest BCUT2D eigenvalue weighted by Crippen LogP contribution is -2.31. The van der Waals surface area contributed by atoms with Gasteiger partial charge in [-0.1, -0.05) is 48.5 Å². The summed E-state index contributed by atoms with van der Waals surface area (Å²) in [6, 6.07) is 20.4. The standard InChI is InChI=1S/C21H24N4O/c26-20(17-8-3-1-4-9-17)14-19-12-7-13-24(19)15-21-22-16-23-25(21)18-10-5-2-6-11-18/h1-6,8-11,16,19-20,26H,7,12-15H2/t19-,20+/m1/s1. The number of aliphatic hydroxyl groups excluding tert-OH is 1. The second-order valence-corrected chi connectivity index (χ2v) is 6.85. The number of aliphatic hydroxyl groups is 1. The van der Waals surface area contributed by atoms with Crippen LogP contribution in [0.2, 0.25) is 0 Å². The third kappa shape index (κ3) is 3.69. The first-order chi connectivity index (χ1) is 12.8. The Labute approximate surface area is 153 Å². The minimum absolute atomic E-state index is 0.367. The second-order valence-electron chi connectivity index (χ2n) is 6.85. The highest BCUT2D eigenvalue weighted by Gasteiger charge is 2.28. The van der Waals surface area contributed by atoms with E-state index in [2.05, 4.69) is 15.0 Å². The summed E-state index contributed by atoms with van der Waals surface area (Å²) in [6.07, 6.45) is 4.22. The Bertz CT molecular complexity index is 818. The van der Waals surface area contributed by atoms with Crippen LogP contribution in [0.1, 0.15) is 36.8 Å². The van der Waals surface area contributed by atoms with Gasteiger partial charge in [-0.3, -0.25) is 4.90 Å². The Kier molecular flexibility index (Phi) is 5.09. The van der Waals surface area contributed by atoms with Crippen molar-refractivity contribution in [1.29, 1.82) is 0 Å². The maximum atomic E-state index is 10.6. The van der Waals surface area contributed by atoms with E-state index in [9.17, 15) is 5.11 Å². The van der Waals surface area contributed by atoms with Crippen molar-refractivity contribution in [2.45, 2.75) is 38.0 Å². The molecule has 3 aromatic rings. The molecule has 1 aromatic heterocycles. The molecule has 4 rings (SSSR count). The highest BCUT2D eigenvalue weighted by Crippen LogP contribution is 2.28. The highest BCUT2D eigenvalue weighted by molar-refractivity contribution is 5.30. The number of hydrogen-bond donors (Lipinski definition) is 1. The zero-order chi connectivity index (χ0) is 17.8. The summed E-state index contributed by atoms with van der Waals surface area (Å²) < 4.78 is 1.91. The molecular formula is C21H24N4O. The summed E-state index contributed by atoms with van der Waals surface area (Å²) in [6.45, 7) is 1.79. The number of likely N-dealkylation sites (tertiary alicyclic amines) is 1. The number of rotatable bonds is 6. The largest absolute Gasteiger partial charge is 0.388 e. The molecule has 2 aromatic carbocycles. The van der Waals surface area contributed by atoms with Crippen molar-refractivity contribution in [1.82, 2.24) is 19.7 Å². The van der Waals surface area contributed by atoms with Crippen molar-refractivity contribution in [2.24, 2.45) is 0 Å². The molecule has 0 saturated carbocycles. The minimum Gasteiger partial charge on any atom is -0.388 e. The molecular weight excluding hydrogens is 324 g/mol. The molecule has 0 unspecified atom stereocenters. The fourth-order valence-corrected chi connectivity index (χ4v) is 3.78. The van der Waals surface area contributed by atoms with Gasteiger partial charge in [0.05, 0.1) is 18.3 Å². The van der Waals surface area contributed by atoms with Gasteiger partial charge in [0.1, 0.15) is 12.2 Å². The van der Waals surface area contributed by atoms with Crippen LogP contribution in [0, 0.1) is 0 Å². The molecule has 5 nitrogen and oxygen atoms in total. The van der Waals surface area contributed by atoms with Crippen molar-refractivity contribution in [2.75, 3.05) is 6.54 Å². The van der Waals surface area contributed by atoms with Crippen LogP contribution in [-0.2, 0) is 6.54 Å². The normalized spacial score (nSPS) is 18.9. The minimum atomic E-state index is -0.422. The molecule has 1 saturated heterocycles. The van der Waals surface area contributed by atoms with Crippen molar-refractivity contribution in [3.05, 3.63) is 78.4 Å². The molecule has 134 valence electrons. The average Bonchev–Trinajstić information content (AvgIpc) is 3.33. The van der Waals surface area contributed by atoms with E-state index < -0.39 is 6.10 Å². The summed E-state index contributed by atoms with van der Waals surface area (Å²) in [5, 5.41) is 15.0. The van der Waals surface area contributed by atoms with Crippen molar-refractivity contribution >= 4 is 0 Å². The predicted octanol–water partition coefficient (Wildman–Crippen LogP) is 3.36. The third-order valence-corrected chi connectivity index (χ3v) is 5.14. The van der Waals surface area contributed by atoms with Crippen molar-refractivity contribution in [3.8, 4) is 5.69 Å². The molecule has 1 aliphatic heterocycles. The van der Waals surface area contributed by atoms with Crippen LogP contribution in [0.15, 0.2) is 67.0 Å². The van der Waals surface area contributed by atoms with Crippen LogP contribution < -0.4 is 0 Å². The Morgan fingerprint density at radius 2 is 1.77 bits per heavy atom. The number of benzene rings is 2. The van der Waals surface area contributed by atoms with Crippen LogP contribution >= 0.6 is 0 Å². The Balaban J connectivity index is 1.46. The van der Waals surface area contributed by atoms with Gasteiger partial charge in [0.2, 0.25) is 0 Å². The number of para-hydroxylation sites is 1. The maximum absolute atomic E-state index is 10.6. The van der Waals surface area contributed by atoms with Crippen molar-refractivity contribution < 1.29 is 5.11 Å². The van der Waals surface area contributed by atoms with Gasteiger partial charge in [0.25, 0.3) is 0 Å². The molecule has 0 spiro atoms. The highest BCUT2D eigenvalue weighted by atomic mass is 16.3. The Hall–Kier alpha value is -2.50. The van der Waals surface area contributed by atoms with Gasteiger partial charge in [-0.2, -0.15) is 5.10 Å².